The zero-order valence-electron chi connectivity index (χ0n) is 15.5. The monoisotopic (exact) mass is 381 g/mol. The number of primary amides is 1. The Kier molecular flexibility index (Phi) is 4.60. The molecule has 1 heterocycles. The molecule has 0 radical (unpaired) electrons. The van der Waals surface area contributed by atoms with Crippen LogP contribution in [0, 0.1) is 12.8 Å². The molecule has 2 aromatic rings. The standard InChI is InChI=1S/C19H22F2N2O4/c1-10-16(18(26)23(2,3)14(9-24)17(22)25)13-7-11(4-5-15(13)27-10)6-12-8-19(12,20)21/h4-5,7,12,14,24H,6,8-9H2,1-3H3,(H-,22,25)/p+1. The molecular weight excluding hydrogens is 358 g/mol. The van der Waals surface area contributed by atoms with Gasteiger partial charge in [0.15, 0.2) is 6.04 Å². The second-order valence-electron chi connectivity index (χ2n) is 7.68. The minimum atomic E-state index is -2.62. The number of carbonyl (C=O) groups excluding carboxylic acids is 2. The molecule has 1 saturated carbocycles. The fourth-order valence-corrected chi connectivity index (χ4v) is 3.48. The van der Waals surface area contributed by atoms with Crippen molar-refractivity contribution in [3.63, 3.8) is 0 Å². The third-order valence-electron chi connectivity index (χ3n) is 5.38. The van der Waals surface area contributed by atoms with E-state index in [0.717, 1.165) is 0 Å². The van der Waals surface area contributed by atoms with E-state index in [1.54, 1.807) is 25.1 Å². The molecule has 0 aliphatic heterocycles. The van der Waals surface area contributed by atoms with Crippen LogP contribution in [0.2, 0.25) is 0 Å². The highest BCUT2D eigenvalue weighted by Crippen LogP contribution is 2.50. The van der Waals surface area contributed by atoms with E-state index in [1.807, 2.05) is 0 Å². The van der Waals surface area contributed by atoms with E-state index in [0.29, 0.717) is 22.3 Å². The maximum Gasteiger partial charge on any atom is 0.350 e. The van der Waals surface area contributed by atoms with Crippen LogP contribution in [0.4, 0.5) is 8.78 Å². The van der Waals surface area contributed by atoms with E-state index in [2.05, 4.69) is 0 Å². The summed E-state index contributed by atoms with van der Waals surface area (Å²) < 4.78 is 31.6. The van der Waals surface area contributed by atoms with E-state index in [9.17, 15) is 23.5 Å². The zero-order chi connectivity index (χ0) is 20.1. The van der Waals surface area contributed by atoms with Crippen molar-refractivity contribution in [3.8, 4) is 0 Å². The van der Waals surface area contributed by atoms with Crippen molar-refractivity contribution in [2.45, 2.75) is 31.7 Å². The molecule has 8 heteroatoms. The fourth-order valence-electron chi connectivity index (χ4n) is 3.48. The highest BCUT2D eigenvalue weighted by atomic mass is 19.3. The van der Waals surface area contributed by atoms with Crippen LogP contribution in [0.1, 0.15) is 28.1 Å². The highest BCUT2D eigenvalue weighted by Gasteiger charge is 2.56. The van der Waals surface area contributed by atoms with Crippen LogP contribution in [0.15, 0.2) is 22.6 Å². The van der Waals surface area contributed by atoms with E-state index in [1.165, 1.54) is 14.1 Å². The van der Waals surface area contributed by atoms with Gasteiger partial charge in [0, 0.05) is 17.7 Å². The number of aliphatic hydroxyl groups is 1. The van der Waals surface area contributed by atoms with Gasteiger partial charge in [-0.05, 0) is 31.0 Å². The van der Waals surface area contributed by atoms with Gasteiger partial charge in [-0.3, -0.25) is 4.79 Å². The lowest BCUT2D eigenvalue weighted by atomic mass is 10.0. The van der Waals surface area contributed by atoms with Crippen LogP contribution >= 0.6 is 0 Å². The number of quaternary nitrogens is 1. The number of amides is 2. The second-order valence-corrected chi connectivity index (χ2v) is 7.68. The van der Waals surface area contributed by atoms with Crippen LogP contribution < -0.4 is 5.73 Å². The molecule has 1 aliphatic carbocycles. The summed E-state index contributed by atoms with van der Waals surface area (Å²) in [5.74, 6) is -4.18. The number of fused-ring (bicyclic) bond motifs is 1. The summed E-state index contributed by atoms with van der Waals surface area (Å²) in [6, 6.07) is 3.95. The minimum absolute atomic E-state index is 0.123. The first kappa shape index (κ1) is 19.4. The van der Waals surface area contributed by atoms with Crippen molar-refractivity contribution >= 4 is 22.8 Å². The smallest absolute Gasteiger partial charge is 0.350 e. The number of carbonyl (C=O) groups is 2. The summed E-state index contributed by atoms with van der Waals surface area (Å²) in [6.45, 7) is 1.05. The van der Waals surface area contributed by atoms with Gasteiger partial charge in [-0.1, -0.05) is 6.07 Å². The third-order valence-corrected chi connectivity index (χ3v) is 5.38. The summed E-state index contributed by atoms with van der Waals surface area (Å²) in [5.41, 5.74) is 6.74. The zero-order valence-corrected chi connectivity index (χ0v) is 15.5. The molecule has 1 aromatic heterocycles. The van der Waals surface area contributed by atoms with E-state index in [4.69, 9.17) is 10.2 Å². The summed E-state index contributed by atoms with van der Waals surface area (Å²) in [4.78, 5) is 24.8. The lowest BCUT2D eigenvalue weighted by Gasteiger charge is -2.32. The number of aliphatic hydroxyl groups excluding tert-OH is 1. The summed E-state index contributed by atoms with van der Waals surface area (Å²) >= 11 is 0. The van der Waals surface area contributed by atoms with Crippen LogP contribution in [-0.2, 0) is 11.2 Å². The first-order valence-corrected chi connectivity index (χ1v) is 8.67. The Morgan fingerprint density at radius 3 is 2.56 bits per heavy atom. The molecule has 2 unspecified atom stereocenters. The Morgan fingerprint density at radius 2 is 2.04 bits per heavy atom. The van der Waals surface area contributed by atoms with E-state index >= 15 is 0 Å². The number of benzene rings is 1. The normalized spacial score (nSPS) is 19.9. The molecule has 1 aromatic carbocycles. The average Bonchev–Trinajstić information content (AvgIpc) is 3.01. The maximum absolute atomic E-state index is 13.2. The number of halogens is 2. The van der Waals surface area contributed by atoms with Gasteiger partial charge in [0.1, 0.15) is 23.5 Å². The lowest BCUT2D eigenvalue weighted by Crippen LogP contribution is -2.60. The van der Waals surface area contributed by atoms with Gasteiger partial charge in [0.25, 0.3) is 11.8 Å². The number of nitrogens with two attached hydrogens (primary N) is 1. The molecule has 3 N–H and O–H groups in total. The van der Waals surface area contributed by atoms with Crippen molar-refractivity contribution in [2.75, 3.05) is 20.7 Å². The predicted octanol–water partition coefficient (Wildman–Crippen LogP) is 2.00. The highest BCUT2D eigenvalue weighted by molar-refractivity contribution is 6.05. The molecule has 1 fully saturated rings. The van der Waals surface area contributed by atoms with Gasteiger partial charge in [0.05, 0.1) is 14.1 Å². The molecule has 27 heavy (non-hydrogen) atoms. The summed E-state index contributed by atoms with van der Waals surface area (Å²) in [7, 11) is 2.97. The molecule has 146 valence electrons. The molecule has 0 spiro atoms. The number of likely N-dealkylation sites (N-methyl/N-ethyl adjacent to an activating group) is 1. The van der Waals surface area contributed by atoms with Gasteiger partial charge in [-0.15, -0.1) is 0 Å². The largest absolute Gasteiger partial charge is 0.460 e. The lowest BCUT2D eigenvalue weighted by molar-refractivity contribution is -0.825. The molecule has 2 atom stereocenters. The molecule has 0 saturated heterocycles. The van der Waals surface area contributed by atoms with Crippen molar-refractivity contribution in [2.24, 2.45) is 11.7 Å². The van der Waals surface area contributed by atoms with E-state index in [-0.39, 0.29) is 18.4 Å². The van der Waals surface area contributed by atoms with Crippen LogP contribution in [0.3, 0.4) is 0 Å². The van der Waals surface area contributed by atoms with Crippen LogP contribution in [-0.4, -0.2) is 54.1 Å². The van der Waals surface area contributed by atoms with Crippen LogP contribution in [0.25, 0.3) is 11.0 Å². The molecule has 6 nitrogen and oxygen atoms in total. The van der Waals surface area contributed by atoms with Crippen molar-refractivity contribution in [3.05, 3.63) is 35.1 Å². The number of furan rings is 1. The number of hydrogen-bond acceptors (Lipinski definition) is 4. The fraction of sp³-hybridized carbons (Fsp3) is 0.474. The number of nitrogens with zero attached hydrogens (tertiary/aromatic N) is 1. The van der Waals surface area contributed by atoms with Crippen molar-refractivity contribution in [1.29, 1.82) is 0 Å². The molecule has 1 aliphatic rings. The first-order chi connectivity index (χ1) is 12.5. The topological polar surface area (TPSA) is 93.5 Å². The Hall–Kier alpha value is -2.32. The molecule has 3 rings (SSSR count). The predicted molar refractivity (Wildman–Crippen MR) is 94.2 cm³/mol. The van der Waals surface area contributed by atoms with Gasteiger partial charge in [-0.2, -0.15) is 0 Å². The molecule has 2 amide bonds. The number of hydrogen-bond donors (Lipinski definition) is 2. The Labute approximate surface area is 155 Å². The number of aryl methyl sites for hydroxylation is 1. The molecular formula is C19H23F2N2O4+. The molecule has 0 bridgehead atoms. The van der Waals surface area contributed by atoms with E-state index < -0.39 is 40.8 Å². The van der Waals surface area contributed by atoms with Gasteiger partial charge in [0.2, 0.25) is 0 Å². The van der Waals surface area contributed by atoms with Gasteiger partial charge < -0.3 is 15.3 Å². The first-order valence-electron chi connectivity index (χ1n) is 8.67. The SMILES string of the molecule is Cc1oc2ccc(CC3CC3(F)F)cc2c1C(=O)[N+](C)(C)C(CO)C(N)=O. The Morgan fingerprint density at radius 1 is 1.41 bits per heavy atom. The third kappa shape index (κ3) is 3.35. The summed E-state index contributed by atoms with van der Waals surface area (Å²) in [6.07, 6.45) is 0.0988. The minimum Gasteiger partial charge on any atom is -0.460 e. The summed E-state index contributed by atoms with van der Waals surface area (Å²) in [5, 5.41) is 10.0. The van der Waals surface area contributed by atoms with Crippen molar-refractivity contribution in [1.82, 2.24) is 0 Å². The average molecular weight is 381 g/mol. The van der Waals surface area contributed by atoms with Crippen LogP contribution in [0.5, 0.6) is 0 Å². The number of rotatable bonds is 6. The van der Waals surface area contributed by atoms with Crippen molar-refractivity contribution < 1.29 is 32.4 Å². The van der Waals surface area contributed by atoms with Gasteiger partial charge >= 0.3 is 5.91 Å². The second kappa shape index (κ2) is 6.38. The maximum atomic E-state index is 13.2. The Balaban J connectivity index is 2.01. The number of alkyl halides is 2. The Bertz CT molecular complexity index is 920. The van der Waals surface area contributed by atoms with Gasteiger partial charge in [-0.25, -0.2) is 18.1 Å². The quantitative estimate of drug-likeness (QED) is 0.749.